The molecule has 3 saturated carbocycles. The Labute approximate surface area is 212 Å². The van der Waals surface area contributed by atoms with Gasteiger partial charge in [0, 0.05) is 35.3 Å². The number of amides is 1. The molecule has 1 aliphatic heterocycles. The van der Waals surface area contributed by atoms with Crippen LogP contribution in [0.2, 0.25) is 5.02 Å². The van der Waals surface area contributed by atoms with Gasteiger partial charge in [0.25, 0.3) is 5.91 Å². The average Bonchev–Trinajstić information content (AvgIpc) is 3.25. The quantitative estimate of drug-likeness (QED) is 0.471. The number of benzene rings is 1. The Bertz CT molecular complexity index is 1370. The van der Waals surface area contributed by atoms with Gasteiger partial charge in [-0.25, -0.2) is 4.39 Å². The Morgan fingerprint density at radius 3 is 2.68 bits per heavy atom. The van der Waals surface area contributed by atoms with Crippen molar-refractivity contribution in [2.75, 3.05) is 0 Å². The van der Waals surface area contributed by atoms with Crippen LogP contribution in [0, 0.1) is 5.82 Å². The summed E-state index contributed by atoms with van der Waals surface area (Å²) < 4.78 is 62.2. The van der Waals surface area contributed by atoms with Crippen LogP contribution in [-0.2, 0) is 10.3 Å². The Morgan fingerprint density at radius 1 is 1.24 bits per heavy atom. The summed E-state index contributed by atoms with van der Waals surface area (Å²) in [4.78, 5) is 16.9. The first-order chi connectivity index (χ1) is 17.4. The van der Waals surface area contributed by atoms with Gasteiger partial charge in [-0.15, -0.1) is 13.2 Å². The van der Waals surface area contributed by atoms with E-state index in [0.29, 0.717) is 36.1 Å². The Kier molecular flexibility index (Phi) is 5.22. The summed E-state index contributed by atoms with van der Waals surface area (Å²) in [6.07, 6.45) is -0.502. The minimum atomic E-state index is -4.79. The number of hydrogen-bond donors (Lipinski definition) is 2. The number of carbonyl (C=O) groups is 1. The van der Waals surface area contributed by atoms with Crippen LogP contribution >= 0.6 is 11.6 Å². The van der Waals surface area contributed by atoms with Crippen molar-refractivity contribution >= 4 is 17.5 Å². The van der Waals surface area contributed by atoms with Crippen LogP contribution in [-0.4, -0.2) is 43.8 Å². The van der Waals surface area contributed by atoms with Crippen LogP contribution in [0.25, 0.3) is 11.3 Å². The van der Waals surface area contributed by atoms with Crippen LogP contribution in [0.15, 0.2) is 42.9 Å². The van der Waals surface area contributed by atoms with Gasteiger partial charge in [0.1, 0.15) is 17.3 Å². The maximum Gasteiger partial charge on any atom is 0.573 e. The predicted octanol–water partition coefficient (Wildman–Crippen LogP) is 4.27. The number of rotatable bonds is 5. The Balaban J connectivity index is 1.08. The molecule has 2 bridgehead atoms. The van der Waals surface area contributed by atoms with Crippen LogP contribution in [0.5, 0.6) is 11.5 Å². The third kappa shape index (κ3) is 4.17. The summed E-state index contributed by atoms with van der Waals surface area (Å²) in [5, 5.41) is 17.7. The second kappa shape index (κ2) is 8.06. The predicted molar refractivity (Wildman–Crippen MR) is 120 cm³/mol. The van der Waals surface area contributed by atoms with Crippen LogP contribution < -0.4 is 14.8 Å². The second-order valence-corrected chi connectivity index (χ2v) is 10.2. The standard InChI is InChI=1S/C24H19ClF4N4O4/c25-15-3-14-18(34)5-20(36-19(14)4-16(15)26)21(35)32-22-9-23(10-22,11-22)33-8-12(6-31-33)17-2-1-13(7-30-17)37-24(27,28)29/h1-4,6-8,18,20,34H,5,9-11H2,(H,32,35)/t18-,20+,22?,23?/m0/s1. The van der Waals surface area contributed by atoms with E-state index in [-0.39, 0.29) is 28.6 Å². The van der Waals surface area contributed by atoms with Crippen LogP contribution in [0.3, 0.4) is 0 Å². The normalized spacial score (nSPS) is 27.8. The van der Waals surface area contributed by atoms with Crippen molar-refractivity contribution in [2.45, 2.75) is 55.3 Å². The van der Waals surface area contributed by atoms with Crippen molar-refractivity contribution in [3.8, 4) is 22.8 Å². The first-order valence-electron chi connectivity index (χ1n) is 11.4. The summed E-state index contributed by atoms with van der Waals surface area (Å²) in [6.45, 7) is 0. The number of carbonyl (C=O) groups excluding carboxylic acids is 1. The van der Waals surface area contributed by atoms with E-state index in [2.05, 4.69) is 20.1 Å². The molecule has 13 heteroatoms. The minimum Gasteiger partial charge on any atom is -0.480 e. The van der Waals surface area contributed by atoms with Crippen molar-refractivity contribution < 1.29 is 36.9 Å². The monoisotopic (exact) mass is 538 g/mol. The molecule has 0 spiro atoms. The fraction of sp³-hybridized carbons (Fsp3) is 0.375. The van der Waals surface area contributed by atoms with Gasteiger partial charge in [0.05, 0.1) is 34.8 Å². The zero-order chi connectivity index (χ0) is 26.2. The molecule has 8 nitrogen and oxygen atoms in total. The van der Waals surface area contributed by atoms with E-state index in [0.717, 1.165) is 12.3 Å². The molecular formula is C24H19ClF4N4O4. The minimum absolute atomic E-state index is 0.0182. The van der Waals surface area contributed by atoms with Crippen molar-refractivity contribution in [1.82, 2.24) is 20.1 Å². The van der Waals surface area contributed by atoms with E-state index in [4.69, 9.17) is 16.3 Å². The Morgan fingerprint density at radius 2 is 2.00 bits per heavy atom. The van der Waals surface area contributed by atoms with E-state index in [1.165, 1.54) is 18.2 Å². The third-order valence-corrected chi connectivity index (χ3v) is 7.43. The van der Waals surface area contributed by atoms with Gasteiger partial charge in [-0.1, -0.05) is 11.6 Å². The highest BCUT2D eigenvalue weighted by molar-refractivity contribution is 6.30. The van der Waals surface area contributed by atoms with Gasteiger partial charge in [-0.2, -0.15) is 5.10 Å². The lowest BCUT2D eigenvalue weighted by atomic mass is 9.44. The number of hydrogen-bond acceptors (Lipinski definition) is 6. The summed E-state index contributed by atoms with van der Waals surface area (Å²) in [7, 11) is 0. The first kappa shape index (κ1) is 24.0. The van der Waals surface area contributed by atoms with Crippen LogP contribution in [0.4, 0.5) is 17.6 Å². The smallest absolute Gasteiger partial charge is 0.480 e. The molecular weight excluding hydrogens is 520 g/mol. The van der Waals surface area contributed by atoms with Gasteiger partial charge >= 0.3 is 6.36 Å². The highest BCUT2D eigenvalue weighted by Crippen LogP contribution is 2.65. The second-order valence-electron chi connectivity index (χ2n) is 9.79. The van der Waals surface area contributed by atoms with Crippen molar-refractivity contribution in [2.24, 2.45) is 0 Å². The fourth-order valence-electron chi connectivity index (χ4n) is 5.51. The van der Waals surface area contributed by atoms with Gasteiger partial charge in [0.2, 0.25) is 0 Å². The Hall–Kier alpha value is -3.38. The molecule has 2 atom stereocenters. The van der Waals surface area contributed by atoms with Gasteiger partial charge < -0.3 is 19.9 Å². The molecule has 0 radical (unpaired) electrons. The summed E-state index contributed by atoms with van der Waals surface area (Å²) in [6, 6.07) is 4.97. The van der Waals surface area contributed by atoms with E-state index < -0.39 is 35.7 Å². The van der Waals surface area contributed by atoms with Gasteiger partial charge in [-0.05, 0) is 37.5 Å². The maximum absolute atomic E-state index is 13.8. The topological polar surface area (TPSA) is 98.5 Å². The molecule has 194 valence electrons. The van der Waals surface area contributed by atoms with E-state index in [1.807, 2.05) is 0 Å². The summed E-state index contributed by atoms with van der Waals surface area (Å²) in [5.41, 5.74) is 0.729. The third-order valence-electron chi connectivity index (χ3n) is 7.14. The largest absolute Gasteiger partial charge is 0.573 e. The molecule has 3 aliphatic carbocycles. The molecule has 0 unspecified atom stereocenters. The number of halogens is 5. The molecule has 0 saturated heterocycles. The van der Waals surface area contributed by atoms with Gasteiger partial charge in [0.15, 0.2) is 6.10 Å². The summed E-state index contributed by atoms with van der Waals surface area (Å²) in [5.74, 6) is -1.41. The molecule has 37 heavy (non-hydrogen) atoms. The molecule has 2 aromatic heterocycles. The lowest BCUT2D eigenvalue weighted by molar-refractivity contribution is -0.274. The molecule has 3 fully saturated rings. The maximum atomic E-state index is 13.8. The molecule has 4 aliphatic rings. The van der Waals surface area contributed by atoms with E-state index >= 15 is 0 Å². The van der Waals surface area contributed by atoms with E-state index in [9.17, 15) is 27.5 Å². The lowest BCUT2D eigenvalue weighted by Crippen LogP contribution is -2.79. The van der Waals surface area contributed by atoms with Gasteiger partial charge in [-0.3, -0.25) is 14.5 Å². The first-order valence-corrected chi connectivity index (χ1v) is 11.8. The van der Waals surface area contributed by atoms with Crippen LogP contribution in [0.1, 0.15) is 37.4 Å². The lowest BCUT2D eigenvalue weighted by Gasteiger charge is -2.70. The molecule has 2 N–H and O–H groups in total. The van der Waals surface area contributed by atoms with Crippen molar-refractivity contribution in [1.29, 1.82) is 0 Å². The number of aromatic nitrogens is 3. The van der Waals surface area contributed by atoms with Crippen molar-refractivity contribution in [3.05, 3.63) is 59.3 Å². The summed E-state index contributed by atoms with van der Waals surface area (Å²) >= 11 is 5.78. The SMILES string of the molecule is O=C(NC12CC(n3cc(-c4ccc(OC(F)(F)F)cn4)cn3)(C1)C2)[C@H]1C[C@H](O)c2cc(Cl)c(F)cc2O1. The molecule has 3 heterocycles. The number of aliphatic hydroxyl groups is 1. The van der Waals surface area contributed by atoms with E-state index in [1.54, 1.807) is 17.1 Å². The fourth-order valence-corrected chi connectivity index (χ4v) is 5.68. The zero-order valence-corrected chi connectivity index (χ0v) is 19.7. The molecule has 7 rings (SSSR count). The number of nitrogens with zero attached hydrogens (tertiary/aromatic N) is 3. The number of alkyl halides is 3. The number of pyridine rings is 1. The van der Waals surface area contributed by atoms with Crippen molar-refractivity contribution in [3.63, 3.8) is 0 Å². The average molecular weight is 539 g/mol. The highest BCUT2D eigenvalue weighted by atomic mass is 35.5. The zero-order valence-electron chi connectivity index (χ0n) is 18.9. The number of nitrogens with one attached hydrogen (secondary N) is 1. The molecule has 3 aromatic rings. The number of ether oxygens (including phenoxy) is 2. The number of fused-ring (bicyclic) bond motifs is 1. The number of aliphatic hydroxyl groups excluding tert-OH is 1. The molecule has 1 aromatic carbocycles. The molecule has 1 amide bonds. The highest BCUT2D eigenvalue weighted by Gasteiger charge is 2.70.